The second-order valence-corrected chi connectivity index (χ2v) is 7.99. The van der Waals surface area contributed by atoms with Gasteiger partial charge in [0.05, 0.1) is 31.6 Å². The molecule has 0 bridgehead atoms. The second kappa shape index (κ2) is 9.77. The summed E-state index contributed by atoms with van der Waals surface area (Å²) in [7, 11) is 1.66. The summed E-state index contributed by atoms with van der Waals surface area (Å²) in [5.41, 5.74) is -0.898. The largest absolute Gasteiger partial charge is 0.463 e. The van der Waals surface area contributed by atoms with Crippen molar-refractivity contribution in [2.24, 2.45) is 10.8 Å². The summed E-state index contributed by atoms with van der Waals surface area (Å²) < 4.78 is 10.5. The molecule has 0 N–H and O–H groups in total. The highest BCUT2D eigenvalue weighted by Gasteiger charge is 2.23. The molecule has 0 radical (unpaired) electrons. The first kappa shape index (κ1) is 22.6. The van der Waals surface area contributed by atoms with Gasteiger partial charge in [-0.1, -0.05) is 20.8 Å². The van der Waals surface area contributed by atoms with Crippen molar-refractivity contribution < 1.29 is 23.9 Å². The SMILES string of the molecule is CN(CCOC(=O)C(C)(C)C)C(=O)CCOCCC(=O)C(C)(C)C. The van der Waals surface area contributed by atoms with Gasteiger partial charge >= 0.3 is 5.97 Å². The summed E-state index contributed by atoms with van der Waals surface area (Å²) in [5, 5.41) is 0. The third-order valence-corrected chi connectivity index (χ3v) is 3.47. The summed E-state index contributed by atoms with van der Waals surface area (Å²) in [4.78, 5) is 36.8. The van der Waals surface area contributed by atoms with Crippen LogP contribution in [0.1, 0.15) is 54.4 Å². The molecule has 24 heavy (non-hydrogen) atoms. The van der Waals surface area contributed by atoms with Gasteiger partial charge in [-0.05, 0) is 20.8 Å². The molecule has 6 nitrogen and oxygen atoms in total. The maximum atomic E-state index is 11.9. The molecule has 0 saturated carbocycles. The standard InChI is InChI=1S/C18H33NO5/c1-17(2,3)14(20)8-11-23-12-9-15(21)19(7)10-13-24-16(22)18(4,5)6/h8-13H2,1-7H3. The van der Waals surface area contributed by atoms with Gasteiger partial charge in [-0.3, -0.25) is 14.4 Å². The first-order chi connectivity index (χ1) is 10.9. The molecule has 0 aromatic heterocycles. The highest BCUT2D eigenvalue weighted by atomic mass is 16.5. The number of amides is 1. The van der Waals surface area contributed by atoms with Gasteiger partial charge in [0.25, 0.3) is 0 Å². The monoisotopic (exact) mass is 343 g/mol. The molecular formula is C18H33NO5. The Labute approximate surface area is 145 Å². The van der Waals surface area contributed by atoms with Gasteiger partial charge in [-0.25, -0.2) is 0 Å². The van der Waals surface area contributed by atoms with E-state index in [1.165, 1.54) is 4.90 Å². The summed E-state index contributed by atoms with van der Waals surface area (Å²) in [6, 6.07) is 0. The van der Waals surface area contributed by atoms with E-state index in [9.17, 15) is 14.4 Å². The number of carbonyl (C=O) groups is 3. The Morgan fingerprint density at radius 1 is 0.833 bits per heavy atom. The number of esters is 1. The van der Waals surface area contributed by atoms with Gasteiger partial charge < -0.3 is 14.4 Å². The number of hydrogen-bond donors (Lipinski definition) is 0. The number of Topliss-reactive ketones (excluding diaryl/α,β-unsaturated/α-hetero) is 1. The summed E-state index contributed by atoms with van der Waals surface area (Å²) in [5.74, 6) is -0.217. The minimum absolute atomic E-state index is 0.0797. The van der Waals surface area contributed by atoms with Crippen LogP contribution in [0.4, 0.5) is 0 Å². The first-order valence-corrected chi connectivity index (χ1v) is 8.38. The number of likely N-dealkylation sites (N-methyl/N-ethyl adjacent to an activating group) is 1. The molecule has 0 aliphatic carbocycles. The van der Waals surface area contributed by atoms with Crippen LogP contribution in [0.15, 0.2) is 0 Å². The molecule has 6 heteroatoms. The molecule has 0 spiro atoms. The minimum atomic E-state index is -0.541. The third kappa shape index (κ3) is 9.65. The average molecular weight is 343 g/mol. The molecule has 0 atom stereocenters. The van der Waals surface area contributed by atoms with E-state index in [1.54, 1.807) is 27.8 Å². The van der Waals surface area contributed by atoms with Crippen molar-refractivity contribution in [1.82, 2.24) is 4.90 Å². The van der Waals surface area contributed by atoms with E-state index < -0.39 is 5.41 Å². The van der Waals surface area contributed by atoms with Crippen LogP contribution < -0.4 is 0 Å². The lowest BCUT2D eigenvalue weighted by molar-refractivity contribution is -0.154. The molecule has 0 aliphatic heterocycles. The average Bonchev–Trinajstić information content (AvgIpc) is 2.43. The zero-order chi connectivity index (χ0) is 19.0. The Hall–Kier alpha value is -1.43. The fraction of sp³-hybridized carbons (Fsp3) is 0.833. The Bertz CT molecular complexity index is 432. The Kier molecular flexibility index (Phi) is 9.18. The molecule has 0 aromatic carbocycles. The molecule has 0 aromatic rings. The number of hydrogen-bond acceptors (Lipinski definition) is 5. The van der Waals surface area contributed by atoms with E-state index in [1.807, 2.05) is 20.8 Å². The molecule has 0 rings (SSSR count). The highest BCUT2D eigenvalue weighted by Crippen LogP contribution is 2.16. The molecule has 0 unspecified atom stereocenters. The fourth-order valence-electron chi connectivity index (χ4n) is 1.61. The van der Waals surface area contributed by atoms with E-state index in [2.05, 4.69) is 0 Å². The van der Waals surface area contributed by atoms with Crippen molar-refractivity contribution in [2.45, 2.75) is 54.4 Å². The van der Waals surface area contributed by atoms with Crippen molar-refractivity contribution >= 4 is 17.7 Å². The van der Waals surface area contributed by atoms with E-state index >= 15 is 0 Å². The molecule has 0 fully saturated rings. The number of carbonyl (C=O) groups excluding carboxylic acids is 3. The van der Waals surface area contributed by atoms with Gasteiger partial charge in [0.1, 0.15) is 12.4 Å². The van der Waals surface area contributed by atoms with Crippen LogP contribution in [0, 0.1) is 10.8 Å². The predicted octanol–water partition coefficient (Wildman–Crippen LogP) is 2.45. The summed E-state index contributed by atoms with van der Waals surface area (Å²) in [6.07, 6.45) is 0.601. The van der Waals surface area contributed by atoms with E-state index in [-0.39, 0.29) is 42.7 Å². The maximum Gasteiger partial charge on any atom is 0.311 e. The Morgan fingerprint density at radius 3 is 1.88 bits per heavy atom. The topological polar surface area (TPSA) is 72.9 Å². The molecule has 0 aliphatic rings. The van der Waals surface area contributed by atoms with Crippen LogP contribution in [0.5, 0.6) is 0 Å². The lowest BCUT2D eigenvalue weighted by Gasteiger charge is -2.20. The Balaban J connectivity index is 3.85. The highest BCUT2D eigenvalue weighted by molar-refractivity contribution is 5.83. The van der Waals surface area contributed by atoms with Crippen molar-refractivity contribution in [3.05, 3.63) is 0 Å². The summed E-state index contributed by atoms with van der Waals surface area (Å²) >= 11 is 0. The van der Waals surface area contributed by atoms with Crippen molar-refractivity contribution in [3.8, 4) is 0 Å². The number of ketones is 1. The zero-order valence-corrected chi connectivity index (χ0v) is 16.2. The lowest BCUT2D eigenvalue weighted by Crippen LogP contribution is -2.33. The molecule has 140 valence electrons. The van der Waals surface area contributed by atoms with Gasteiger partial charge in [0, 0.05) is 18.9 Å². The maximum absolute atomic E-state index is 11.9. The van der Waals surface area contributed by atoms with E-state index in [4.69, 9.17) is 9.47 Å². The zero-order valence-electron chi connectivity index (χ0n) is 16.2. The fourth-order valence-corrected chi connectivity index (χ4v) is 1.61. The molecule has 0 heterocycles. The van der Waals surface area contributed by atoms with Gasteiger partial charge in [-0.15, -0.1) is 0 Å². The quantitative estimate of drug-likeness (QED) is 0.475. The first-order valence-electron chi connectivity index (χ1n) is 8.38. The summed E-state index contributed by atoms with van der Waals surface area (Å²) in [6.45, 7) is 12.1. The van der Waals surface area contributed by atoms with Crippen molar-refractivity contribution in [3.63, 3.8) is 0 Å². The lowest BCUT2D eigenvalue weighted by atomic mass is 9.89. The van der Waals surface area contributed by atoms with Crippen LogP contribution >= 0.6 is 0 Å². The molecule has 1 amide bonds. The van der Waals surface area contributed by atoms with Gasteiger partial charge in [0.15, 0.2) is 0 Å². The molecule has 0 saturated heterocycles. The van der Waals surface area contributed by atoms with Crippen molar-refractivity contribution in [2.75, 3.05) is 33.4 Å². The number of rotatable bonds is 9. The second-order valence-electron chi connectivity index (χ2n) is 7.99. The van der Waals surface area contributed by atoms with Gasteiger partial charge in [0.2, 0.25) is 5.91 Å². The smallest absolute Gasteiger partial charge is 0.311 e. The third-order valence-electron chi connectivity index (χ3n) is 3.47. The van der Waals surface area contributed by atoms with Crippen LogP contribution in [-0.2, 0) is 23.9 Å². The predicted molar refractivity (Wildman–Crippen MR) is 92.6 cm³/mol. The number of ether oxygens (including phenoxy) is 2. The van der Waals surface area contributed by atoms with Gasteiger partial charge in [-0.2, -0.15) is 0 Å². The van der Waals surface area contributed by atoms with E-state index in [0.717, 1.165) is 0 Å². The minimum Gasteiger partial charge on any atom is -0.463 e. The van der Waals surface area contributed by atoms with Crippen LogP contribution in [-0.4, -0.2) is 56.0 Å². The van der Waals surface area contributed by atoms with Crippen LogP contribution in [0.25, 0.3) is 0 Å². The Morgan fingerprint density at radius 2 is 1.38 bits per heavy atom. The van der Waals surface area contributed by atoms with Crippen LogP contribution in [0.3, 0.4) is 0 Å². The number of nitrogens with zero attached hydrogens (tertiary/aromatic N) is 1. The van der Waals surface area contributed by atoms with Crippen LogP contribution in [0.2, 0.25) is 0 Å². The van der Waals surface area contributed by atoms with Crippen molar-refractivity contribution in [1.29, 1.82) is 0 Å². The molecular weight excluding hydrogens is 310 g/mol. The van der Waals surface area contributed by atoms with E-state index in [0.29, 0.717) is 19.6 Å². The normalized spacial score (nSPS) is 12.0.